The van der Waals surface area contributed by atoms with Crippen molar-refractivity contribution in [3.63, 3.8) is 0 Å². The van der Waals surface area contributed by atoms with Gasteiger partial charge in [-0.1, -0.05) is 41.6 Å². The van der Waals surface area contributed by atoms with Gasteiger partial charge in [0.15, 0.2) is 0 Å². The van der Waals surface area contributed by atoms with E-state index in [9.17, 15) is 4.79 Å². The zero-order valence-electron chi connectivity index (χ0n) is 12.2. The highest BCUT2D eigenvalue weighted by Gasteiger charge is 2.06. The van der Waals surface area contributed by atoms with Crippen LogP contribution in [0.3, 0.4) is 0 Å². The van der Waals surface area contributed by atoms with Gasteiger partial charge in [-0.3, -0.25) is 4.79 Å². The molecule has 1 amide bonds. The molecule has 0 spiro atoms. The Morgan fingerprint density at radius 1 is 0.783 bits per heavy atom. The average molecular weight is 340 g/mol. The predicted octanol–water partition coefficient (Wildman–Crippen LogP) is 5.74. The Morgan fingerprint density at radius 2 is 1.39 bits per heavy atom. The fourth-order valence-electron chi connectivity index (χ4n) is 2.04. The molecule has 0 atom stereocenters. The normalized spacial score (nSPS) is 10.3. The Bertz CT molecular complexity index is 786. The third-order valence-electron chi connectivity index (χ3n) is 3.20. The molecule has 2 nitrogen and oxygen atoms in total. The summed E-state index contributed by atoms with van der Waals surface area (Å²) in [7, 11) is 0. The monoisotopic (exact) mass is 339 g/mol. The van der Waals surface area contributed by atoms with Crippen LogP contribution < -0.4 is 5.32 Å². The van der Waals surface area contributed by atoms with Crippen LogP contribution in [0.25, 0.3) is 0 Å². The Balaban J connectivity index is 1.65. The molecule has 3 aromatic carbocycles. The number of carbonyl (C=O) groups is 1. The number of hydrogen-bond donors (Lipinski definition) is 1. The molecular weight excluding hydrogens is 326 g/mol. The summed E-state index contributed by atoms with van der Waals surface area (Å²) in [6.45, 7) is 0. The van der Waals surface area contributed by atoms with E-state index in [2.05, 4.69) is 17.4 Å². The summed E-state index contributed by atoms with van der Waals surface area (Å²) in [5.41, 5.74) is 1.35. The highest BCUT2D eigenvalue weighted by atomic mass is 35.5. The molecule has 1 N–H and O–H groups in total. The van der Waals surface area contributed by atoms with Crippen LogP contribution in [0.1, 0.15) is 10.4 Å². The first-order chi connectivity index (χ1) is 11.2. The van der Waals surface area contributed by atoms with Crippen LogP contribution >= 0.6 is 23.4 Å². The van der Waals surface area contributed by atoms with Crippen LogP contribution in [0.15, 0.2) is 88.7 Å². The molecule has 0 saturated heterocycles. The van der Waals surface area contributed by atoms with E-state index in [1.165, 1.54) is 4.90 Å². The van der Waals surface area contributed by atoms with Gasteiger partial charge < -0.3 is 5.32 Å². The molecule has 0 radical (unpaired) electrons. The zero-order chi connectivity index (χ0) is 16.1. The zero-order valence-corrected chi connectivity index (χ0v) is 13.8. The summed E-state index contributed by atoms with van der Waals surface area (Å²) in [4.78, 5) is 14.5. The molecule has 3 rings (SSSR count). The summed E-state index contributed by atoms with van der Waals surface area (Å²) >= 11 is 7.51. The van der Waals surface area contributed by atoms with Crippen molar-refractivity contribution in [2.24, 2.45) is 0 Å². The Morgan fingerprint density at radius 3 is 2.04 bits per heavy atom. The van der Waals surface area contributed by atoms with E-state index < -0.39 is 0 Å². The standard InChI is InChI=1S/C19H14ClNOS/c20-15-8-6-14(7-9-15)19(22)21-16-10-12-18(13-11-16)23-17-4-2-1-3-5-17/h1-13H,(H,21,22). The van der Waals surface area contributed by atoms with Gasteiger partial charge in [-0.15, -0.1) is 0 Å². The molecule has 114 valence electrons. The van der Waals surface area contributed by atoms with E-state index in [4.69, 9.17) is 11.6 Å². The SMILES string of the molecule is O=C(Nc1ccc(Sc2ccccc2)cc1)c1ccc(Cl)cc1. The van der Waals surface area contributed by atoms with Gasteiger partial charge in [0.1, 0.15) is 0 Å². The summed E-state index contributed by atoms with van der Waals surface area (Å²) in [6, 6.07) is 24.8. The van der Waals surface area contributed by atoms with Gasteiger partial charge in [-0.25, -0.2) is 0 Å². The van der Waals surface area contributed by atoms with Crippen molar-refractivity contribution in [3.8, 4) is 0 Å². The smallest absolute Gasteiger partial charge is 0.255 e. The summed E-state index contributed by atoms with van der Waals surface area (Å²) in [5.74, 6) is -0.148. The molecule has 0 fully saturated rings. The third-order valence-corrected chi connectivity index (χ3v) is 4.47. The minimum absolute atomic E-state index is 0.148. The van der Waals surface area contributed by atoms with Crippen molar-refractivity contribution in [2.75, 3.05) is 5.32 Å². The molecule has 3 aromatic rings. The number of rotatable bonds is 4. The van der Waals surface area contributed by atoms with Crippen LogP contribution in [0.5, 0.6) is 0 Å². The second-order valence-electron chi connectivity index (χ2n) is 4.90. The maximum absolute atomic E-state index is 12.1. The molecule has 0 unspecified atom stereocenters. The lowest BCUT2D eigenvalue weighted by Gasteiger charge is -2.07. The minimum atomic E-state index is -0.148. The Labute approximate surface area is 144 Å². The predicted molar refractivity (Wildman–Crippen MR) is 96.4 cm³/mol. The fourth-order valence-corrected chi connectivity index (χ4v) is 3.00. The molecular formula is C19H14ClNOS. The van der Waals surface area contributed by atoms with E-state index >= 15 is 0 Å². The van der Waals surface area contributed by atoms with Crippen LogP contribution in [0.4, 0.5) is 5.69 Å². The van der Waals surface area contributed by atoms with Crippen molar-refractivity contribution >= 4 is 35.0 Å². The topological polar surface area (TPSA) is 29.1 Å². The lowest BCUT2D eigenvalue weighted by atomic mass is 10.2. The maximum Gasteiger partial charge on any atom is 0.255 e. The van der Waals surface area contributed by atoms with Crippen molar-refractivity contribution in [2.45, 2.75) is 9.79 Å². The van der Waals surface area contributed by atoms with Crippen LogP contribution in [0.2, 0.25) is 5.02 Å². The minimum Gasteiger partial charge on any atom is -0.322 e. The Hall–Kier alpha value is -2.23. The molecule has 0 bridgehead atoms. The van der Waals surface area contributed by atoms with Crippen molar-refractivity contribution < 1.29 is 4.79 Å². The van der Waals surface area contributed by atoms with E-state index in [-0.39, 0.29) is 5.91 Å². The quantitative estimate of drug-likeness (QED) is 0.656. The highest BCUT2D eigenvalue weighted by Crippen LogP contribution is 2.28. The van der Waals surface area contributed by atoms with Gasteiger partial charge in [-0.2, -0.15) is 0 Å². The third kappa shape index (κ3) is 4.38. The fraction of sp³-hybridized carbons (Fsp3) is 0. The molecule has 0 heterocycles. The number of carbonyl (C=O) groups excluding carboxylic acids is 1. The van der Waals surface area contributed by atoms with Gasteiger partial charge >= 0.3 is 0 Å². The second-order valence-corrected chi connectivity index (χ2v) is 6.48. The summed E-state index contributed by atoms with van der Waals surface area (Å²) < 4.78 is 0. The van der Waals surface area contributed by atoms with Gasteiger partial charge in [0.2, 0.25) is 0 Å². The molecule has 0 saturated carbocycles. The van der Waals surface area contributed by atoms with Gasteiger partial charge in [0.25, 0.3) is 5.91 Å². The number of halogens is 1. The second kappa shape index (κ2) is 7.36. The lowest BCUT2D eigenvalue weighted by molar-refractivity contribution is 0.102. The first kappa shape index (κ1) is 15.7. The first-order valence-electron chi connectivity index (χ1n) is 7.10. The van der Waals surface area contributed by atoms with Crippen LogP contribution in [-0.2, 0) is 0 Å². The number of benzene rings is 3. The average Bonchev–Trinajstić information content (AvgIpc) is 2.58. The molecule has 0 aliphatic rings. The van der Waals surface area contributed by atoms with Crippen molar-refractivity contribution in [3.05, 3.63) is 89.4 Å². The van der Waals surface area contributed by atoms with Crippen molar-refractivity contribution in [1.29, 1.82) is 0 Å². The van der Waals surface area contributed by atoms with Gasteiger partial charge in [-0.05, 0) is 60.7 Å². The number of amides is 1. The molecule has 0 aliphatic heterocycles. The van der Waals surface area contributed by atoms with Gasteiger partial charge in [0, 0.05) is 26.1 Å². The van der Waals surface area contributed by atoms with E-state index in [0.717, 1.165) is 10.6 Å². The molecule has 23 heavy (non-hydrogen) atoms. The van der Waals surface area contributed by atoms with Crippen LogP contribution in [0, 0.1) is 0 Å². The van der Waals surface area contributed by atoms with Crippen LogP contribution in [-0.4, -0.2) is 5.91 Å². The summed E-state index contributed by atoms with van der Waals surface area (Å²) in [6.07, 6.45) is 0. The number of hydrogen-bond acceptors (Lipinski definition) is 2. The number of nitrogens with one attached hydrogen (secondary N) is 1. The highest BCUT2D eigenvalue weighted by molar-refractivity contribution is 7.99. The van der Waals surface area contributed by atoms with Gasteiger partial charge in [0.05, 0.1) is 0 Å². The number of anilines is 1. The molecule has 0 aliphatic carbocycles. The molecule has 0 aromatic heterocycles. The first-order valence-corrected chi connectivity index (χ1v) is 8.30. The Kier molecular flexibility index (Phi) is 5.01. The van der Waals surface area contributed by atoms with E-state index in [0.29, 0.717) is 10.6 Å². The molecule has 4 heteroatoms. The summed E-state index contributed by atoms with van der Waals surface area (Å²) in [5, 5.41) is 3.49. The lowest BCUT2D eigenvalue weighted by Crippen LogP contribution is -2.11. The van der Waals surface area contributed by atoms with E-state index in [1.807, 2.05) is 42.5 Å². The largest absolute Gasteiger partial charge is 0.322 e. The maximum atomic E-state index is 12.1. The van der Waals surface area contributed by atoms with E-state index in [1.54, 1.807) is 36.0 Å². The van der Waals surface area contributed by atoms with Crippen molar-refractivity contribution in [1.82, 2.24) is 0 Å².